The third-order valence-electron chi connectivity index (χ3n) is 6.10. The number of carbonyl (C=O) groups excluding carboxylic acids is 3. The molecule has 0 fully saturated rings. The van der Waals surface area contributed by atoms with Gasteiger partial charge in [0.1, 0.15) is 16.9 Å². The topological polar surface area (TPSA) is 134 Å². The Morgan fingerprint density at radius 2 is 1.42 bits per heavy atom. The minimum atomic E-state index is -4.53. The number of fused-ring (bicyclic) bond motifs is 1. The van der Waals surface area contributed by atoms with Gasteiger partial charge in [-0.25, -0.2) is 32.4 Å². The van der Waals surface area contributed by atoms with Gasteiger partial charge in [0.25, 0.3) is 10.0 Å². The van der Waals surface area contributed by atoms with Crippen molar-refractivity contribution in [3.8, 4) is 0 Å². The van der Waals surface area contributed by atoms with Crippen LogP contribution in [0, 0.1) is 6.92 Å². The Balaban J connectivity index is 2.29. The van der Waals surface area contributed by atoms with Gasteiger partial charge < -0.3 is 14.2 Å². The van der Waals surface area contributed by atoms with Gasteiger partial charge in [0, 0.05) is 5.56 Å². The molecular weight excluding hydrogens is 574 g/mol. The molecule has 0 radical (unpaired) electrons. The number of carbonyl (C=O) groups is 3. The zero-order valence-corrected chi connectivity index (χ0v) is 27.5. The molecule has 234 valence electrons. The van der Waals surface area contributed by atoms with Crippen molar-refractivity contribution >= 4 is 45.0 Å². The standard InChI is InChI=1S/C31H41N3O8S/c1-12-40-26(35)25-19(2)24-22(33(25)27(36)41-30(6,7)8)17-18-23(32-24)34(28(37)42-31(9,10)11)43(38,39)21-15-13-20(14-16-21)29(3,4)5/h13-18H,12H2,1-11H3. The second-order valence-electron chi connectivity index (χ2n) is 13.1. The Bertz CT molecular complexity index is 1650. The minimum absolute atomic E-state index is 0.0471. The second kappa shape index (κ2) is 11.6. The van der Waals surface area contributed by atoms with Crippen LogP contribution in [-0.2, 0) is 29.6 Å². The van der Waals surface area contributed by atoms with Crippen molar-refractivity contribution in [1.29, 1.82) is 0 Å². The molecule has 0 saturated heterocycles. The average molecular weight is 616 g/mol. The Morgan fingerprint density at radius 1 is 0.860 bits per heavy atom. The lowest BCUT2D eigenvalue weighted by molar-refractivity contribution is 0.0453. The zero-order chi connectivity index (χ0) is 32.7. The smallest absolute Gasteiger partial charge is 0.430 e. The van der Waals surface area contributed by atoms with Crippen LogP contribution < -0.4 is 4.31 Å². The van der Waals surface area contributed by atoms with Gasteiger partial charge in [0.15, 0.2) is 5.82 Å². The molecule has 43 heavy (non-hydrogen) atoms. The van der Waals surface area contributed by atoms with Gasteiger partial charge in [0.05, 0.1) is 22.5 Å². The molecule has 3 aromatic rings. The summed E-state index contributed by atoms with van der Waals surface area (Å²) in [5.74, 6) is -1.08. The number of aryl methyl sites for hydroxylation is 1. The van der Waals surface area contributed by atoms with Gasteiger partial charge in [-0.1, -0.05) is 32.9 Å². The lowest BCUT2D eigenvalue weighted by atomic mass is 9.87. The number of aromatic nitrogens is 2. The van der Waals surface area contributed by atoms with Gasteiger partial charge in [-0.3, -0.25) is 0 Å². The van der Waals surface area contributed by atoms with Crippen LogP contribution >= 0.6 is 0 Å². The fourth-order valence-electron chi connectivity index (χ4n) is 4.20. The molecule has 2 aromatic heterocycles. The van der Waals surface area contributed by atoms with E-state index < -0.39 is 39.4 Å². The Kier molecular flexibility index (Phi) is 9.08. The number of anilines is 1. The molecule has 0 N–H and O–H groups in total. The Morgan fingerprint density at radius 3 is 1.91 bits per heavy atom. The number of rotatable bonds is 5. The molecule has 0 bridgehead atoms. The number of hydrogen-bond acceptors (Lipinski definition) is 9. The van der Waals surface area contributed by atoms with E-state index in [4.69, 9.17) is 14.2 Å². The highest BCUT2D eigenvalue weighted by Gasteiger charge is 2.37. The lowest BCUT2D eigenvalue weighted by Gasteiger charge is -2.27. The number of nitrogens with zero attached hydrogens (tertiary/aromatic N) is 3. The largest absolute Gasteiger partial charge is 0.461 e. The first-order valence-electron chi connectivity index (χ1n) is 13.9. The fourth-order valence-corrected chi connectivity index (χ4v) is 5.48. The quantitative estimate of drug-likeness (QED) is 0.226. The maximum Gasteiger partial charge on any atom is 0.430 e. The number of pyridine rings is 1. The van der Waals surface area contributed by atoms with Crippen molar-refractivity contribution in [2.24, 2.45) is 0 Å². The van der Waals surface area contributed by atoms with Crippen molar-refractivity contribution in [2.45, 2.75) is 97.7 Å². The van der Waals surface area contributed by atoms with Crippen LogP contribution in [0.4, 0.5) is 15.4 Å². The van der Waals surface area contributed by atoms with Gasteiger partial charge in [-0.05, 0) is 90.6 Å². The second-order valence-corrected chi connectivity index (χ2v) is 14.9. The average Bonchev–Trinajstić information content (AvgIpc) is 3.13. The molecule has 0 aliphatic rings. The van der Waals surface area contributed by atoms with Crippen molar-refractivity contribution in [3.05, 3.63) is 53.2 Å². The molecule has 11 nitrogen and oxygen atoms in total. The monoisotopic (exact) mass is 615 g/mol. The van der Waals surface area contributed by atoms with Crippen molar-refractivity contribution in [1.82, 2.24) is 9.55 Å². The predicted molar refractivity (Wildman–Crippen MR) is 163 cm³/mol. The molecular formula is C31H41N3O8S. The third-order valence-corrected chi connectivity index (χ3v) is 7.79. The molecule has 0 aliphatic heterocycles. The van der Waals surface area contributed by atoms with Crippen molar-refractivity contribution in [2.75, 3.05) is 10.9 Å². The number of ether oxygens (including phenoxy) is 3. The number of sulfonamides is 1. The Labute approximate surface area is 253 Å². The van der Waals surface area contributed by atoms with E-state index in [1.165, 1.54) is 24.3 Å². The number of benzene rings is 1. The SMILES string of the molecule is CCOC(=O)c1c(C)c2nc(N(C(=O)OC(C)(C)C)S(=O)(=O)c3ccc(C(C)(C)C)cc3)ccc2n1C(=O)OC(C)(C)C. The van der Waals surface area contributed by atoms with Crippen LogP contribution in [0.5, 0.6) is 0 Å². The summed E-state index contributed by atoms with van der Waals surface area (Å²) in [7, 11) is -4.53. The van der Waals surface area contributed by atoms with Crippen molar-refractivity contribution < 1.29 is 37.0 Å². The molecule has 1 amide bonds. The van der Waals surface area contributed by atoms with E-state index in [1.54, 1.807) is 67.5 Å². The van der Waals surface area contributed by atoms with E-state index >= 15 is 0 Å². The van der Waals surface area contributed by atoms with Crippen LogP contribution in [0.25, 0.3) is 11.0 Å². The van der Waals surface area contributed by atoms with E-state index in [1.807, 2.05) is 20.8 Å². The first kappa shape index (κ1) is 33.6. The number of amides is 1. The molecule has 0 spiro atoms. The van der Waals surface area contributed by atoms with E-state index in [0.29, 0.717) is 4.31 Å². The number of esters is 1. The highest BCUT2D eigenvalue weighted by Crippen LogP contribution is 2.32. The highest BCUT2D eigenvalue weighted by molar-refractivity contribution is 7.93. The minimum Gasteiger partial charge on any atom is -0.461 e. The Hall–Kier alpha value is -3.93. The molecule has 1 aromatic carbocycles. The number of hydrogen-bond donors (Lipinski definition) is 0. The third kappa shape index (κ3) is 7.35. The van der Waals surface area contributed by atoms with Crippen molar-refractivity contribution in [3.63, 3.8) is 0 Å². The van der Waals surface area contributed by atoms with E-state index in [0.717, 1.165) is 10.1 Å². The van der Waals surface area contributed by atoms with E-state index in [2.05, 4.69) is 4.98 Å². The van der Waals surface area contributed by atoms with Crippen LogP contribution in [0.1, 0.15) is 90.9 Å². The zero-order valence-electron chi connectivity index (χ0n) is 26.7. The van der Waals surface area contributed by atoms with Gasteiger partial charge in [0.2, 0.25) is 0 Å². The van der Waals surface area contributed by atoms with Gasteiger partial charge in [-0.15, -0.1) is 0 Å². The summed E-state index contributed by atoms with van der Waals surface area (Å²) >= 11 is 0. The summed E-state index contributed by atoms with van der Waals surface area (Å²) in [6.45, 7) is 19.1. The van der Waals surface area contributed by atoms with Crippen LogP contribution in [-0.4, -0.2) is 53.9 Å². The maximum atomic E-state index is 14.0. The molecule has 0 unspecified atom stereocenters. The first-order chi connectivity index (χ1) is 19.6. The summed E-state index contributed by atoms with van der Waals surface area (Å²) < 4.78 is 45.8. The summed E-state index contributed by atoms with van der Waals surface area (Å²) in [5.41, 5.74) is -0.871. The van der Waals surface area contributed by atoms with Crippen LogP contribution in [0.15, 0.2) is 41.3 Å². The predicted octanol–water partition coefficient (Wildman–Crippen LogP) is 6.73. The molecule has 0 aliphatic carbocycles. The molecule has 0 saturated carbocycles. The molecule has 2 heterocycles. The normalized spacial score (nSPS) is 12.6. The highest BCUT2D eigenvalue weighted by atomic mass is 32.2. The van der Waals surface area contributed by atoms with Gasteiger partial charge >= 0.3 is 18.2 Å². The molecule has 12 heteroatoms. The van der Waals surface area contributed by atoms with Crippen LogP contribution in [0.2, 0.25) is 0 Å². The van der Waals surface area contributed by atoms with E-state index in [-0.39, 0.29) is 45.0 Å². The first-order valence-corrected chi connectivity index (χ1v) is 15.3. The van der Waals surface area contributed by atoms with E-state index in [9.17, 15) is 22.8 Å². The summed E-state index contributed by atoms with van der Waals surface area (Å²) in [6, 6.07) is 8.89. The fraction of sp³-hybridized carbons (Fsp3) is 0.484. The molecule has 3 rings (SSSR count). The lowest BCUT2D eigenvalue weighted by Crippen LogP contribution is -2.41. The van der Waals surface area contributed by atoms with Gasteiger partial charge in [-0.2, -0.15) is 4.31 Å². The summed E-state index contributed by atoms with van der Waals surface area (Å²) in [6.07, 6.45) is -2.02. The van der Waals surface area contributed by atoms with Crippen LogP contribution in [0.3, 0.4) is 0 Å². The summed E-state index contributed by atoms with van der Waals surface area (Å²) in [5, 5.41) is 0. The summed E-state index contributed by atoms with van der Waals surface area (Å²) in [4.78, 5) is 44.1. The molecule has 0 atom stereocenters. The maximum absolute atomic E-state index is 14.0.